The smallest absolute Gasteiger partial charge is 0.229 e. The third-order valence-electron chi connectivity index (χ3n) is 5.44. The molecule has 0 saturated heterocycles. The van der Waals surface area contributed by atoms with E-state index < -0.39 is 17.6 Å². The van der Waals surface area contributed by atoms with Gasteiger partial charge in [-0.2, -0.15) is 4.98 Å². The normalized spacial score (nSPS) is 24.4. The van der Waals surface area contributed by atoms with E-state index in [1.165, 1.54) is 0 Å². The van der Waals surface area contributed by atoms with Crippen molar-refractivity contribution in [3.63, 3.8) is 0 Å². The molecule has 4 rings (SSSR count). The Labute approximate surface area is 167 Å². The predicted octanol–water partition coefficient (Wildman–Crippen LogP) is 2.46. The second-order valence-electron chi connectivity index (χ2n) is 7.16. The number of hydrogen-bond donors (Lipinski definition) is 3. The number of ether oxygens (including phenoxy) is 2. The first-order chi connectivity index (χ1) is 14.0. The van der Waals surface area contributed by atoms with Crippen LogP contribution in [0, 0.1) is 23.6 Å². The molecule has 1 aromatic carbocycles. The summed E-state index contributed by atoms with van der Waals surface area (Å²) in [6.07, 6.45) is 5.96. The monoisotopic (exact) mass is 399 g/mol. The topological polar surface area (TPSA) is 111 Å². The molecule has 4 unspecified atom stereocenters. The summed E-state index contributed by atoms with van der Waals surface area (Å²) in [6.45, 7) is 0. The lowest BCUT2D eigenvalue weighted by Gasteiger charge is -2.27. The van der Waals surface area contributed by atoms with Crippen molar-refractivity contribution in [3.05, 3.63) is 42.4 Å². The summed E-state index contributed by atoms with van der Waals surface area (Å²) in [4.78, 5) is 20.1. The lowest BCUT2D eigenvalue weighted by atomic mass is 9.88. The summed E-state index contributed by atoms with van der Waals surface area (Å²) in [5.41, 5.74) is 6.20. The van der Waals surface area contributed by atoms with Crippen molar-refractivity contribution in [1.82, 2.24) is 9.97 Å². The largest absolute Gasteiger partial charge is 0.497 e. The Morgan fingerprint density at radius 3 is 2.52 bits per heavy atom. The van der Waals surface area contributed by atoms with Crippen molar-refractivity contribution >= 4 is 23.4 Å². The molecule has 8 nitrogen and oxygen atoms in total. The Balaban J connectivity index is 1.57. The summed E-state index contributed by atoms with van der Waals surface area (Å²) in [5.74, 6) is 0.208. The number of carbonyl (C=O) groups excluding carboxylic acids is 1. The van der Waals surface area contributed by atoms with E-state index in [1.54, 1.807) is 32.4 Å². The van der Waals surface area contributed by atoms with Gasteiger partial charge >= 0.3 is 0 Å². The SMILES string of the molecule is COc1cc(Nc2ncc(F)c(NC3C4C=CC(C4)C3C(N)=O)n2)cc(OC)c1. The van der Waals surface area contributed by atoms with Crippen LogP contribution < -0.4 is 25.8 Å². The lowest BCUT2D eigenvalue weighted by Crippen LogP contribution is -2.41. The molecule has 152 valence electrons. The molecule has 9 heteroatoms. The lowest BCUT2D eigenvalue weighted by molar-refractivity contribution is -0.122. The Morgan fingerprint density at radius 1 is 1.17 bits per heavy atom. The third kappa shape index (κ3) is 3.67. The van der Waals surface area contributed by atoms with E-state index in [4.69, 9.17) is 15.2 Å². The minimum atomic E-state index is -0.603. The minimum Gasteiger partial charge on any atom is -0.497 e. The number of hydrogen-bond acceptors (Lipinski definition) is 7. The zero-order valence-electron chi connectivity index (χ0n) is 16.1. The van der Waals surface area contributed by atoms with Crippen molar-refractivity contribution in [2.45, 2.75) is 12.5 Å². The van der Waals surface area contributed by atoms with Crippen LogP contribution in [0.5, 0.6) is 11.5 Å². The van der Waals surface area contributed by atoms with Gasteiger partial charge in [-0.1, -0.05) is 12.2 Å². The van der Waals surface area contributed by atoms with Crippen LogP contribution in [-0.4, -0.2) is 36.1 Å². The number of nitrogens with zero attached hydrogens (tertiary/aromatic N) is 2. The zero-order chi connectivity index (χ0) is 20.5. The fourth-order valence-corrected chi connectivity index (χ4v) is 4.10. The Kier molecular flexibility index (Phi) is 4.96. The van der Waals surface area contributed by atoms with E-state index in [0.717, 1.165) is 12.6 Å². The summed E-state index contributed by atoms with van der Waals surface area (Å²) in [7, 11) is 3.10. The van der Waals surface area contributed by atoms with Gasteiger partial charge in [-0.25, -0.2) is 9.37 Å². The number of methoxy groups -OCH3 is 2. The molecular formula is C20H22FN5O3. The maximum absolute atomic E-state index is 14.4. The van der Waals surface area contributed by atoms with Gasteiger partial charge in [-0.05, 0) is 18.3 Å². The first-order valence-electron chi connectivity index (χ1n) is 9.25. The number of halogens is 1. The first-order valence-corrected chi connectivity index (χ1v) is 9.25. The van der Waals surface area contributed by atoms with Crippen LogP contribution in [0.25, 0.3) is 0 Å². The van der Waals surface area contributed by atoms with E-state index in [1.807, 2.05) is 12.2 Å². The number of primary amides is 1. The predicted molar refractivity (Wildman–Crippen MR) is 106 cm³/mol. The maximum Gasteiger partial charge on any atom is 0.229 e. The Bertz CT molecular complexity index is 945. The highest BCUT2D eigenvalue weighted by Crippen LogP contribution is 2.44. The molecule has 1 heterocycles. The van der Waals surface area contributed by atoms with Crippen molar-refractivity contribution in [1.29, 1.82) is 0 Å². The van der Waals surface area contributed by atoms with Crippen molar-refractivity contribution in [3.8, 4) is 11.5 Å². The van der Waals surface area contributed by atoms with Crippen LogP contribution >= 0.6 is 0 Å². The molecule has 4 atom stereocenters. The average Bonchev–Trinajstić information content (AvgIpc) is 3.31. The van der Waals surface area contributed by atoms with Gasteiger partial charge in [-0.3, -0.25) is 4.79 Å². The van der Waals surface area contributed by atoms with Crippen LogP contribution in [0.3, 0.4) is 0 Å². The highest BCUT2D eigenvalue weighted by molar-refractivity contribution is 5.79. The second-order valence-corrected chi connectivity index (χ2v) is 7.16. The van der Waals surface area contributed by atoms with Gasteiger partial charge in [0.25, 0.3) is 0 Å². The van der Waals surface area contributed by atoms with Crippen molar-refractivity contribution < 1.29 is 18.7 Å². The summed E-state index contributed by atoms with van der Waals surface area (Å²) < 4.78 is 24.9. The zero-order valence-corrected chi connectivity index (χ0v) is 16.1. The molecular weight excluding hydrogens is 377 g/mol. The number of fused-ring (bicyclic) bond motifs is 2. The van der Waals surface area contributed by atoms with Crippen LogP contribution in [0.15, 0.2) is 36.5 Å². The molecule has 0 spiro atoms. The van der Waals surface area contributed by atoms with Gasteiger partial charge in [0.05, 0.1) is 26.3 Å². The van der Waals surface area contributed by atoms with Gasteiger partial charge in [-0.15, -0.1) is 0 Å². The molecule has 1 saturated carbocycles. The number of allylic oxidation sites excluding steroid dienone is 1. The fourth-order valence-electron chi connectivity index (χ4n) is 4.10. The quantitative estimate of drug-likeness (QED) is 0.613. The second kappa shape index (κ2) is 7.57. The number of rotatable bonds is 7. The van der Waals surface area contributed by atoms with Gasteiger partial charge < -0.3 is 25.8 Å². The first kappa shape index (κ1) is 19.0. The molecule has 2 bridgehead atoms. The summed E-state index contributed by atoms with van der Waals surface area (Å²) in [6, 6.07) is 4.92. The molecule has 2 aliphatic rings. The van der Waals surface area contributed by atoms with Gasteiger partial charge in [0.2, 0.25) is 11.9 Å². The molecule has 1 aromatic heterocycles. The van der Waals surface area contributed by atoms with Gasteiger partial charge in [0.1, 0.15) is 11.5 Å². The molecule has 29 heavy (non-hydrogen) atoms. The Morgan fingerprint density at radius 2 is 1.86 bits per heavy atom. The molecule has 0 aliphatic heterocycles. The van der Waals surface area contributed by atoms with E-state index in [-0.39, 0.29) is 29.6 Å². The summed E-state index contributed by atoms with van der Waals surface area (Å²) in [5, 5.41) is 6.10. The third-order valence-corrected chi connectivity index (χ3v) is 5.44. The minimum absolute atomic E-state index is 0.0227. The van der Waals surface area contributed by atoms with E-state index >= 15 is 0 Å². The number of anilines is 3. The average molecular weight is 399 g/mol. The Hall–Kier alpha value is -3.36. The van der Waals surface area contributed by atoms with Gasteiger partial charge in [0.15, 0.2) is 11.6 Å². The van der Waals surface area contributed by atoms with Gasteiger partial charge in [0, 0.05) is 29.9 Å². The number of nitrogens with two attached hydrogens (primary N) is 1. The van der Waals surface area contributed by atoms with E-state index in [0.29, 0.717) is 17.2 Å². The molecule has 4 N–H and O–H groups in total. The fraction of sp³-hybridized carbons (Fsp3) is 0.350. The highest BCUT2D eigenvalue weighted by Gasteiger charge is 2.47. The summed E-state index contributed by atoms with van der Waals surface area (Å²) >= 11 is 0. The van der Waals surface area contributed by atoms with Crippen LogP contribution in [0.1, 0.15) is 6.42 Å². The molecule has 1 fully saturated rings. The number of carbonyl (C=O) groups is 1. The number of aromatic nitrogens is 2. The van der Waals surface area contributed by atoms with Crippen molar-refractivity contribution in [2.24, 2.45) is 23.5 Å². The maximum atomic E-state index is 14.4. The van der Waals surface area contributed by atoms with Crippen LogP contribution in [0.2, 0.25) is 0 Å². The van der Waals surface area contributed by atoms with Crippen LogP contribution in [-0.2, 0) is 4.79 Å². The number of benzene rings is 1. The molecule has 2 aliphatic carbocycles. The standard InChI is InChI=1S/C20H22FN5O3/c1-28-13-6-12(7-14(8-13)29-2)24-20-23-9-15(21)19(26-20)25-17-11-4-3-10(5-11)16(17)18(22)27/h3-4,6-11,16-17H,5H2,1-2H3,(H2,22,27)(H2,23,24,25,26). The molecule has 1 amide bonds. The van der Waals surface area contributed by atoms with Crippen LogP contribution in [0.4, 0.5) is 21.8 Å². The van der Waals surface area contributed by atoms with E-state index in [2.05, 4.69) is 20.6 Å². The molecule has 2 aromatic rings. The number of nitrogens with one attached hydrogen (secondary N) is 2. The number of amides is 1. The highest BCUT2D eigenvalue weighted by atomic mass is 19.1. The van der Waals surface area contributed by atoms with Crippen molar-refractivity contribution in [2.75, 3.05) is 24.9 Å². The molecule has 0 radical (unpaired) electrons. The van der Waals surface area contributed by atoms with E-state index in [9.17, 15) is 9.18 Å².